The first-order chi connectivity index (χ1) is 17.8. The van der Waals surface area contributed by atoms with Gasteiger partial charge in [0.2, 0.25) is 0 Å². The largest absolute Gasteiger partial charge is 0.330 e. The first kappa shape index (κ1) is 29.9. The fourth-order valence-corrected chi connectivity index (χ4v) is 10.5. The zero-order valence-electron chi connectivity index (χ0n) is 25.6. The van der Waals surface area contributed by atoms with Crippen molar-refractivity contribution in [3.05, 3.63) is 0 Å². The Morgan fingerprint density at radius 1 is 0.757 bits per heavy atom. The maximum atomic E-state index is 5.59. The molecule has 4 fully saturated rings. The molecular weight excluding hydrogens is 450 g/mol. The van der Waals surface area contributed by atoms with E-state index in [-0.39, 0.29) is 0 Å². The van der Waals surface area contributed by atoms with Crippen LogP contribution in [0.3, 0.4) is 0 Å². The summed E-state index contributed by atoms with van der Waals surface area (Å²) in [5.41, 5.74) is 6.85. The van der Waals surface area contributed by atoms with Crippen molar-refractivity contribution in [2.45, 2.75) is 137 Å². The third-order valence-electron chi connectivity index (χ3n) is 12.6. The summed E-state index contributed by atoms with van der Waals surface area (Å²) in [4.78, 5) is 0. The van der Waals surface area contributed by atoms with Gasteiger partial charge in [-0.2, -0.15) is 0 Å². The van der Waals surface area contributed by atoms with E-state index in [1.807, 2.05) is 0 Å². The second-order valence-electron chi connectivity index (χ2n) is 15.2. The van der Waals surface area contributed by atoms with Crippen molar-refractivity contribution in [2.75, 3.05) is 26.2 Å². The van der Waals surface area contributed by atoms with Gasteiger partial charge in [-0.3, -0.25) is 0 Å². The van der Waals surface area contributed by atoms with Crippen LogP contribution in [0, 0.1) is 52.3 Å². The molecule has 0 heterocycles. The summed E-state index contributed by atoms with van der Waals surface area (Å²) in [5.74, 6) is 6.82. The summed E-state index contributed by atoms with van der Waals surface area (Å²) >= 11 is 0. The lowest BCUT2D eigenvalue weighted by Gasteiger charge is -2.61. The van der Waals surface area contributed by atoms with Crippen molar-refractivity contribution in [1.29, 1.82) is 0 Å². The average Bonchev–Trinajstić information content (AvgIpc) is 3.22. The van der Waals surface area contributed by atoms with E-state index < -0.39 is 0 Å². The van der Waals surface area contributed by atoms with E-state index in [1.165, 1.54) is 83.6 Å². The fourth-order valence-electron chi connectivity index (χ4n) is 10.5. The summed E-state index contributed by atoms with van der Waals surface area (Å²) in [5, 5.41) is 7.56. The molecule has 0 amide bonds. The molecule has 4 saturated carbocycles. The third-order valence-corrected chi connectivity index (χ3v) is 12.6. The predicted molar refractivity (Wildman–Crippen MR) is 161 cm³/mol. The summed E-state index contributed by atoms with van der Waals surface area (Å²) in [6.45, 7) is 17.2. The first-order valence-corrected chi connectivity index (χ1v) is 16.9. The van der Waals surface area contributed by atoms with Crippen molar-refractivity contribution < 1.29 is 0 Å². The molecule has 216 valence electrons. The van der Waals surface area contributed by atoms with E-state index in [2.05, 4.69) is 45.3 Å². The molecule has 3 nitrogen and oxygen atoms in total. The van der Waals surface area contributed by atoms with Crippen molar-refractivity contribution in [1.82, 2.24) is 10.6 Å². The highest BCUT2D eigenvalue weighted by Gasteiger charge is 2.60. The highest BCUT2D eigenvalue weighted by atomic mass is 14.9. The lowest BCUT2D eigenvalue weighted by Crippen LogP contribution is -2.55. The Morgan fingerprint density at radius 3 is 2.30 bits per heavy atom. The van der Waals surface area contributed by atoms with Crippen LogP contribution in [0.15, 0.2) is 0 Å². The van der Waals surface area contributed by atoms with Crippen LogP contribution in [0.5, 0.6) is 0 Å². The molecule has 0 spiro atoms. The molecule has 4 aliphatic carbocycles. The lowest BCUT2D eigenvalue weighted by molar-refractivity contribution is -0.118. The van der Waals surface area contributed by atoms with Gasteiger partial charge in [-0.25, -0.2) is 0 Å². The van der Waals surface area contributed by atoms with Crippen molar-refractivity contribution >= 4 is 0 Å². The van der Waals surface area contributed by atoms with Gasteiger partial charge >= 0.3 is 0 Å². The monoisotopic (exact) mass is 516 g/mol. The van der Waals surface area contributed by atoms with Crippen LogP contribution >= 0.6 is 0 Å². The minimum Gasteiger partial charge on any atom is -0.330 e. The number of rotatable bonds is 14. The van der Waals surface area contributed by atoms with Crippen LogP contribution < -0.4 is 16.4 Å². The van der Waals surface area contributed by atoms with Gasteiger partial charge in [-0.05, 0) is 155 Å². The normalized spacial score (nSPS) is 40.3. The van der Waals surface area contributed by atoms with Gasteiger partial charge < -0.3 is 16.4 Å². The standard InChI is InChI=1S/C34H65N3/c1-25(2)10-8-11-26(3)30-14-15-31-29-13-12-27-24-28(37-23-9-22-36-21-7-6-20-35)16-18-33(27,4)32(29)17-19-34(30,31)5/h25-32,36-37H,6-24,35H2,1-5H3/t26?,27-,28?,29?,30+,31?,32?,33-,34+/m0/s1. The van der Waals surface area contributed by atoms with E-state index in [0.717, 1.165) is 73.5 Å². The van der Waals surface area contributed by atoms with Crippen LogP contribution in [0.2, 0.25) is 0 Å². The molecule has 0 aromatic carbocycles. The number of fused-ring (bicyclic) bond motifs is 5. The molecule has 4 aliphatic rings. The maximum Gasteiger partial charge on any atom is 0.00701 e. The number of nitrogens with one attached hydrogen (secondary N) is 2. The predicted octanol–water partition coefficient (Wildman–Crippen LogP) is 7.78. The quantitative estimate of drug-likeness (QED) is 0.207. The molecule has 5 unspecified atom stereocenters. The van der Waals surface area contributed by atoms with Crippen LogP contribution in [0.4, 0.5) is 0 Å². The summed E-state index contributed by atoms with van der Waals surface area (Å²) in [6.07, 6.45) is 21.5. The smallest absolute Gasteiger partial charge is 0.00701 e. The third kappa shape index (κ3) is 6.79. The summed E-state index contributed by atoms with van der Waals surface area (Å²) in [6, 6.07) is 0.767. The Bertz CT molecular complexity index is 678. The lowest BCUT2D eigenvalue weighted by atomic mass is 9.44. The zero-order valence-corrected chi connectivity index (χ0v) is 25.6. The molecule has 3 heteroatoms. The second kappa shape index (κ2) is 13.5. The molecule has 4 rings (SSSR count). The first-order valence-electron chi connectivity index (χ1n) is 16.9. The molecule has 9 atom stereocenters. The molecular formula is C34H65N3. The average molecular weight is 516 g/mol. The highest BCUT2D eigenvalue weighted by Crippen LogP contribution is 2.68. The molecule has 4 N–H and O–H groups in total. The van der Waals surface area contributed by atoms with Gasteiger partial charge in [-0.15, -0.1) is 0 Å². The van der Waals surface area contributed by atoms with Gasteiger partial charge in [0, 0.05) is 6.04 Å². The summed E-state index contributed by atoms with van der Waals surface area (Å²) < 4.78 is 0. The number of nitrogens with two attached hydrogens (primary N) is 1. The Balaban J connectivity index is 1.26. The Morgan fingerprint density at radius 2 is 1.51 bits per heavy atom. The van der Waals surface area contributed by atoms with Gasteiger partial charge in [0.1, 0.15) is 0 Å². The fraction of sp³-hybridized carbons (Fsp3) is 1.00. The topological polar surface area (TPSA) is 50.1 Å². The maximum absolute atomic E-state index is 5.59. The van der Waals surface area contributed by atoms with E-state index in [0.29, 0.717) is 10.8 Å². The van der Waals surface area contributed by atoms with Gasteiger partial charge in [-0.1, -0.05) is 53.9 Å². The van der Waals surface area contributed by atoms with Crippen molar-refractivity contribution in [3.8, 4) is 0 Å². The highest BCUT2D eigenvalue weighted by molar-refractivity contribution is 5.10. The molecule has 0 radical (unpaired) electrons. The number of hydrogen-bond donors (Lipinski definition) is 3. The van der Waals surface area contributed by atoms with Crippen molar-refractivity contribution in [3.63, 3.8) is 0 Å². The summed E-state index contributed by atoms with van der Waals surface area (Å²) in [7, 11) is 0. The van der Waals surface area contributed by atoms with Crippen molar-refractivity contribution in [2.24, 2.45) is 58.0 Å². The molecule has 37 heavy (non-hydrogen) atoms. The van der Waals surface area contributed by atoms with Gasteiger partial charge in [0.15, 0.2) is 0 Å². The van der Waals surface area contributed by atoms with Crippen LogP contribution in [0.1, 0.15) is 131 Å². The van der Waals surface area contributed by atoms with E-state index >= 15 is 0 Å². The van der Waals surface area contributed by atoms with Gasteiger partial charge in [0.05, 0.1) is 0 Å². The second-order valence-corrected chi connectivity index (χ2v) is 15.2. The Kier molecular flexibility index (Phi) is 10.9. The molecule has 0 bridgehead atoms. The number of unbranched alkanes of at least 4 members (excludes halogenated alkanes) is 1. The van der Waals surface area contributed by atoms with E-state index in [1.54, 1.807) is 12.8 Å². The number of hydrogen-bond acceptors (Lipinski definition) is 3. The van der Waals surface area contributed by atoms with Crippen LogP contribution in [0.25, 0.3) is 0 Å². The zero-order chi connectivity index (χ0) is 26.5. The van der Waals surface area contributed by atoms with Crippen LogP contribution in [-0.4, -0.2) is 32.2 Å². The Hall–Kier alpha value is -0.120. The minimum atomic E-state index is 0.619. The molecule has 0 aliphatic heterocycles. The Labute approximate surface area is 231 Å². The SMILES string of the molecule is CC(C)CCCC(C)[C@H]1CCC2C3CC[C@H]4CC(NCCCNCCCCN)CC[C@]4(C)C3CC[C@@]21C. The molecule has 0 aromatic rings. The molecule has 0 saturated heterocycles. The van der Waals surface area contributed by atoms with Crippen LogP contribution in [-0.2, 0) is 0 Å². The van der Waals surface area contributed by atoms with E-state index in [9.17, 15) is 0 Å². The minimum absolute atomic E-state index is 0.619. The molecule has 0 aromatic heterocycles. The van der Waals surface area contributed by atoms with Gasteiger partial charge in [0.25, 0.3) is 0 Å². The van der Waals surface area contributed by atoms with E-state index in [4.69, 9.17) is 5.73 Å².